The SMILES string of the molecule is C[Si](C)(C)CCOCn1nnc2ncc(B(O)O)cc21. The van der Waals surface area contributed by atoms with Gasteiger partial charge < -0.3 is 14.8 Å². The number of hydrogen-bond acceptors (Lipinski definition) is 6. The topological polar surface area (TPSA) is 93.3 Å². The van der Waals surface area contributed by atoms with Gasteiger partial charge in [0.05, 0.1) is 0 Å². The number of aromatic nitrogens is 4. The smallest absolute Gasteiger partial charge is 0.423 e. The van der Waals surface area contributed by atoms with Gasteiger partial charge in [-0.1, -0.05) is 24.9 Å². The largest absolute Gasteiger partial charge is 0.490 e. The minimum Gasteiger partial charge on any atom is -0.423 e. The first-order valence-electron chi connectivity index (χ1n) is 6.50. The van der Waals surface area contributed by atoms with E-state index in [4.69, 9.17) is 14.8 Å². The molecule has 0 saturated heterocycles. The zero-order chi connectivity index (χ0) is 14.8. The summed E-state index contributed by atoms with van der Waals surface area (Å²) in [6, 6.07) is 2.69. The predicted molar refractivity (Wildman–Crippen MR) is 79.3 cm³/mol. The molecule has 2 aromatic heterocycles. The van der Waals surface area contributed by atoms with Gasteiger partial charge in [0.2, 0.25) is 5.65 Å². The molecule has 0 fully saturated rings. The van der Waals surface area contributed by atoms with Crippen LogP contribution < -0.4 is 5.46 Å². The van der Waals surface area contributed by atoms with Crippen LogP contribution in [0.5, 0.6) is 0 Å². The second-order valence-electron chi connectivity index (χ2n) is 5.92. The summed E-state index contributed by atoms with van der Waals surface area (Å²) >= 11 is 0. The van der Waals surface area contributed by atoms with Crippen LogP contribution in [-0.2, 0) is 11.5 Å². The van der Waals surface area contributed by atoms with Crippen molar-refractivity contribution >= 4 is 31.8 Å². The molecular formula is C11H19BN4O3Si. The van der Waals surface area contributed by atoms with Crippen LogP contribution in [0.4, 0.5) is 0 Å². The Balaban J connectivity index is 2.04. The highest BCUT2D eigenvalue weighted by atomic mass is 28.3. The average Bonchev–Trinajstić information content (AvgIpc) is 2.76. The second kappa shape index (κ2) is 6.00. The Labute approximate surface area is 118 Å². The zero-order valence-corrected chi connectivity index (χ0v) is 12.9. The van der Waals surface area contributed by atoms with Crippen LogP contribution in [0.1, 0.15) is 0 Å². The molecule has 7 nitrogen and oxygen atoms in total. The Morgan fingerprint density at radius 2 is 2.10 bits per heavy atom. The molecule has 0 amide bonds. The van der Waals surface area contributed by atoms with Crippen LogP contribution >= 0.6 is 0 Å². The van der Waals surface area contributed by atoms with Crippen molar-refractivity contribution in [3.63, 3.8) is 0 Å². The molecule has 0 atom stereocenters. The van der Waals surface area contributed by atoms with Crippen molar-refractivity contribution in [1.29, 1.82) is 0 Å². The molecule has 2 aromatic rings. The summed E-state index contributed by atoms with van der Waals surface area (Å²) < 4.78 is 7.17. The van der Waals surface area contributed by atoms with E-state index in [9.17, 15) is 0 Å². The third-order valence-corrected chi connectivity index (χ3v) is 4.61. The molecule has 9 heteroatoms. The Hall–Kier alpha value is -1.29. The Morgan fingerprint density at radius 1 is 1.35 bits per heavy atom. The molecular weight excluding hydrogens is 275 g/mol. The third-order valence-electron chi connectivity index (χ3n) is 2.90. The number of fused-ring (bicyclic) bond motifs is 1. The maximum atomic E-state index is 9.15. The van der Waals surface area contributed by atoms with Crippen molar-refractivity contribution in [2.24, 2.45) is 0 Å². The van der Waals surface area contributed by atoms with E-state index in [0.29, 0.717) is 23.2 Å². The molecule has 0 spiro atoms. The summed E-state index contributed by atoms with van der Waals surface area (Å²) in [5, 5.41) is 26.2. The Kier molecular flexibility index (Phi) is 4.53. The van der Waals surface area contributed by atoms with Crippen LogP contribution in [-0.4, -0.2) is 51.8 Å². The Morgan fingerprint density at radius 3 is 2.75 bits per heavy atom. The first-order chi connectivity index (χ1) is 9.37. The molecule has 0 radical (unpaired) electrons. The fourth-order valence-electron chi connectivity index (χ4n) is 1.64. The van der Waals surface area contributed by atoms with E-state index in [1.54, 1.807) is 10.7 Å². The van der Waals surface area contributed by atoms with Gasteiger partial charge in [0.25, 0.3) is 0 Å². The number of ether oxygens (including phenoxy) is 1. The van der Waals surface area contributed by atoms with Gasteiger partial charge in [-0.25, -0.2) is 9.67 Å². The standard InChI is InChI=1S/C11H19BN4O3Si/c1-20(2,3)5-4-19-8-16-10-6-9(12(17)18)7-13-11(10)14-15-16/h6-7,17-18H,4-5,8H2,1-3H3. The highest BCUT2D eigenvalue weighted by Gasteiger charge is 2.15. The Bertz CT molecular complexity index is 585. The first-order valence-corrected chi connectivity index (χ1v) is 10.2. The van der Waals surface area contributed by atoms with Crippen molar-refractivity contribution in [2.75, 3.05) is 6.61 Å². The van der Waals surface area contributed by atoms with Crippen LogP contribution in [0.15, 0.2) is 12.3 Å². The summed E-state index contributed by atoms with van der Waals surface area (Å²) in [7, 11) is -2.66. The number of rotatable bonds is 6. The normalized spacial score (nSPS) is 12.1. The van der Waals surface area contributed by atoms with E-state index >= 15 is 0 Å². The molecule has 0 saturated carbocycles. The number of hydrogen-bond donors (Lipinski definition) is 2. The summed E-state index contributed by atoms with van der Waals surface area (Å²) in [6.07, 6.45) is 1.37. The second-order valence-corrected chi connectivity index (χ2v) is 11.5. The molecule has 0 unspecified atom stereocenters. The lowest BCUT2D eigenvalue weighted by molar-refractivity contribution is 0.0803. The van der Waals surface area contributed by atoms with Gasteiger partial charge >= 0.3 is 7.12 Å². The lowest BCUT2D eigenvalue weighted by atomic mass is 9.82. The van der Waals surface area contributed by atoms with Gasteiger partial charge in [-0.2, -0.15) is 0 Å². The van der Waals surface area contributed by atoms with Crippen molar-refractivity contribution in [3.05, 3.63) is 12.3 Å². The van der Waals surface area contributed by atoms with Crippen LogP contribution in [0.25, 0.3) is 11.2 Å². The van der Waals surface area contributed by atoms with Crippen molar-refractivity contribution < 1.29 is 14.8 Å². The summed E-state index contributed by atoms with van der Waals surface area (Å²) in [5.74, 6) is 0. The average molecular weight is 294 g/mol. The van der Waals surface area contributed by atoms with Gasteiger partial charge in [-0.3, -0.25) is 0 Å². The van der Waals surface area contributed by atoms with Crippen molar-refractivity contribution in [2.45, 2.75) is 32.4 Å². The summed E-state index contributed by atoms with van der Waals surface area (Å²) in [6.45, 7) is 7.85. The van der Waals surface area contributed by atoms with E-state index in [0.717, 1.165) is 6.04 Å². The molecule has 0 bridgehead atoms. The van der Waals surface area contributed by atoms with E-state index in [-0.39, 0.29) is 6.73 Å². The first kappa shape index (κ1) is 15.1. The van der Waals surface area contributed by atoms with Crippen LogP contribution in [0.3, 0.4) is 0 Å². The van der Waals surface area contributed by atoms with Gasteiger partial charge in [-0.15, -0.1) is 5.10 Å². The van der Waals surface area contributed by atoms with Gasteiger partial charge in [-0.05, 0) is 12.1 Å². The maximum absolute atomic E-state index is 9.15. The molecule has 2 N–H and O–H groups in total. The monoisotopic (exact) mass is 294 g/mol. The molecule has 20 heavy (non-hydrogen) atoms. The van der Waals surface area contributed by atoms with E-state index in [1.807, 2.05) is 0 Å². The van der Waals surface area contributed by atoms with Crippen LogP contribution in [0.2, 0.25) is 25.7 Å². The number of nitrogens with zero attached hydrogens (tertiary/aromatic N) is 4. The zero-order valence-electron chi connectivity index (χ0n) is 11.9. The van der Waals surface area contributed by atoms with E-state index in [2.05, 4.69) is 34.9 Å². The number of pyridine rings is 1. The van der Waals surface area contributed by atoms with Gasteiger partial charge in [0, 0.05) is 26.3 Å². The van der Waals surface area contributed by atoms with Crippen molar-refractivity contribution in [3.8, 4) is 0 Å². The molecule has 0 aliphatic rings. The van der Waals surface area contributed by atoms with E-state index < -0.39 is 15.2 Å². The highest BCUT2D eigenvalue weighted by molar-refractivity contribution is 6.76. The maximum Gasteiger partial charge on any atom is 0.490 e. The highest BCUT2D eigenvalue weighted by Crippen LogP contribution is 2.09. The molecule has 2 rings (SSSR count). The minimum atomic E-state index is -1.55. The van der Waals surface area contributed by atoms with Gasteiger partial charge in [0.1, 0.15) is 12.2 Å². The predicted octanol–water partition coefficient (Wildman–Crippen LogP) is -0.182. The lowest BCUT2D eigenvalue weighted by Crippen LogP contribution is -2.30. The molecule has 0 aromatic carbocycles. The van der Waals surface area contributed by atoms with E-state index in [1.165, 1.54) is 6.20 Å². The lowest BCUT2D eigenvalue weighted by Gasteiger charge is -2.15. The summed E-state index contributed by atoms with van der Waals surface area (Å²) in [5.41, 5.74) is 1.40. The fraction of sp³-hybridized carbons (Fsp3) is 0.545. The molecule has 0 aliphatic carbocycles. The molecule has 108 valence electrons. The fourth-order valence-corrected chi connectivity index (χ4v) is 2.40. The minimum absolute atomic E-state index is 0.285. The van der Waals surface area contributed by atoms with Crippen LogP contribution in [0, 0.1) is 0 Å². The quantitative estimate of drug-likeness (QED) is 0.567. The molecule has 0 aliphatic heterocycles. The molecule has 2 heterocycles. The summed E-state index contributed by atoms with van der Waals surface area (Å²) in [4.78, 5) is 4.03. The van der Waals surface area contributed by atoms with Gasteiger partial charge in [0.15, 0.2) is 0 Å². The van der Waals surface area contributed by atoms with Crippen molar-refractivity contribution in [1.82, 2.24) is 20.0 Å². The third kappa shape index (κ3) is 3.86.